The molecule has 0 fully saturated rings. The minimum Gasteiger partial charge on any atom is -0.481 e. The largest absolute Gasteiger partial charge is 0.481 e. The van der Waals surface area contributed by atoms with Crippen LogP contribution in [0.1, 0.15) is 23.2 Å². The van der Waals surface area contributed by atoms with Gasteiger partial charge in [0.1, 0.15) is 5.84 Å². The van der Waals surface area contributed by atoms with Crippen molar-refractivity contribution in [2.45, 2.75) is 19.8 Å². The fourth-order valence-electron chi connectivity index (χ4n) is 3.31. The third-order valence-electron chi connectivity index (χ3n) is 4.78. The fraction of sp³-hybridized carbons (Fsp3) is 0.190. The van der Waals surface area contributed by atoms with Crippen molar-refractivity contribution in [2.24, 2.45) is 12.8 Å². The maximum Gasteiger partial charge on any atom is 0.333 e. The van der Waals surface area contributed by atoms with Crippen LogP contribution >= 0.6 is 0 Å². The van der Waals surface area contributed by atoms with E-state index in [1.54, 1.807) is 28.3 Å². The first kappa shape index (κ1) is 19.2. The summed E-state index contributed by atoms with van der Waals surface area (Å²) < 4.78 is 3.23. The molecule has 3 aromatic rings. The summed E-state index contributed by atoms with van der Waals surface area (Å²) in [5, 5.41) is 16.3. The second-order valence-electron chi connectivity index (χ2n) is 6.66. The average molecular weight is 378 g/mol. The minimum atomic E-state index is -0.834. The molecule has 1 heterocycles. The van der Waals surface area contributed by atoms with Gasteiger partial charge in [-0.05, 0) is 31.0 Å². The lowest BCUT2D eigenvalue weighted by Crippen LogP contribution is -2.21. The van der Waals surface area contributed by atoms with Crippen molar-refractivity contribution in [2.75, 3.05) is 0 Å². The number of amidine groups is 1. The van der Waals surface area contributed by atoms with Crippen LogP contribution in [0.25, 0.3) is 16.9 Å². The number of carboxylic acids is 1. The number of carbonyl (C=O) groups is 1. The van der Waals surface area contributed by atoms with Crippen LogP contribution in [0.2, 0.25) is 0 Å². The molecule has 1 aromatic heterocycles. The lowest BCUT2D eigenvalue weighted by atomic mass is 10.1. The van der Waals surface area contributed by atoms with Gasteiger partial charge in [0.05, 0.1) is 11.4 Å². The van der Waals surface area contributed by atoms with E-state index in [2.05, 4.69) is 0 Å². The summed E-state index contributed by atoms with van der Waals surface area (Å²) in [5.41, 5.74) is 10.0. The zero-order valence-electron chi connectivity index (χ0n) is 15.8. The Balaban J connectivity index is 2.00. The summed E-state index contributed by atoms with van der Waals surface area (Å²) in [7, 11) is 1.72. The predicted molar refractivity (Wildman–Crippen MR) is 108 cm³/mol. The van der Waals surface area contributed by atoms with E-state index in [4.69, 9.17) is 16.2 Å². The van der Waals surface area contributed by atoms with Crippen LogP contribution in [0.15, 0.2) is 53.3 Å². The molecular weight excluding hydrogens is 356 g/mol. The van der Waals surface area contributed by atoms with Crippen molar-refractivity contribution >= 4 is 11.8 Å². The molecule has 0 saturated heterocycles. The van der Waals surface area contributed by atoms with Crippen LogP contribution in [0.4, 0.5) is 0 Å². The van der Waals surface area contributed by atoms with Gasteiger partial charge in [-0.15, -0.1) is 0 Å². The molecule has 0 aliphatic rings. The molecular formula is C21H22N4O3. The van der Waals surface area contributed by atoms with Gasteiger partial charge >= 0.3 is 11.7 Å². The molecule has 0 aliphatic heterocycles. The summed E-state index contributed by atoms with van der Waals surface area (Å²) in [6, 6.07) is 14.6. The molecule has 0 unspecified atom stereocenters. The van der Waals surface area contributed by atoms with Crippen molar-refractivity contribution in [3.8, 4) is 16.9 Å². The standard InChI is InChI=1S/C21H22N4O3/c1-13-19(15-6-8-16(9-7-15)20(22)23)24(2)21(28)25(13)17-10-3-14(4-11-17)5-12-18(26)27/h3-4,6-11H,5,12H2,1-2H3,(H3,22,23)(H,26,27). The van der Waals surface area contributed by atoms with Crippen LogP contribution in [-0.4, -0.2) is 26.0 Å². The van der Waals surface area contributed by atoms with E-state index in [9.17, 15) is 9.59 Å². The molecule has 7 nitrogen and oxygen atoms in total. The number of nitrogen functional groups attached to an aromatic ring is 1. The molecule has 0 spiro atoms. The Kier molecular flexibility index (Phi) is 5.17. The Labute approximate surface area is 162 Å². The van der Waals surface area contributed by atoms with Crippen molar-refractivity contribution in [1.29, 1.82) is 5.41 Å². The van der Waals surface area contributed by atoms with E-state index in [1.165, 1.54) is 0 Å². The first-order valence-corrected chi connectivity index (χ1v) is 8.84. The van der Waals surface area contributed by atoms with Crippen LogP contribution in [0.5, 0.6) is 0 Å². The molecule has 2 aromatic carbocycles. The van der Waals surface area contributed by atoms with Gasteiger partial charge in [-0.3, -0.25) is 19.3 Å². The van der Waals surface area contributed by atoms with Gasteiger partial charge in [-0.2, -0.15) is 0 Å². The monoisotopic (exact) mass is 378 g/mol. The molecule has 0 amide bonds. The molecule has 4 N–H and O–H groups in total. The van der Waals surface area contributed by atoms with E-state index in [0.29, 0.717) is 12.0 Å². The van der Waals surface area contributed by atoms with Crippen molar-refractivity contribution in [1.82, 2.24) is 9.13 Å². The van der Waals surface area contributed by atoms with Gasteiger partial charge in [-0.1, -0.05) is 36.4 Å². The highest BCUT2D eigenvalue weighted by Gasteiger charge is 2.17. The Morgan fingerprint density at radius 3 is 2.25 bits per heavy atom. The number of nitrogens with one attached hydrogen (secondary N) is 1. The van der Waals surface area contributed by atoms with Crippen molar-refractivity contribution in [3.63, 3.8) is 0 Å². The molecule has 0 bridgehead atoms. The highest BCUT2D eigenvalue weighted by atomic mass is 16.4. The summed E-state index contributed by atoms with van der Waals surface area (Å²) in [5.74, 6) is -0.836. The molecule has 3 rings (SSSR count). The number of aliphatic carboxylic acids is 1. The Morgan fingerprint density at radius 2 is 1.71 bits per heavy atom. The predicted octanol–water partition coefficient (Wildman–Crippen LogP) is 2.45. The summed E-state index contributed by atoms with van der Waals surface area (Å²) in [4.78, 5) is 23.6. The van der Waals surface area contributed by atoms with Crippen molar-refractivity contribution < 1.29 is 9.90 Å². The average Bonchev–Trinajstić information content (AvgIpc) is 2.89. The van der Waals surface area contributed by atoms with Gasteiger partial charge < -0.3 is 10.8 Å². The normalized spacial score (nSPS) is 10.8. The maximum absolute atomic E-state index is 12.9. The number of nitrogens with two attached hydrogens (primary N) is 1. The smallest absolute Gasteiger partial charge is 0.333 e. The van der Waals surface area contributed by atoms with Crippen LogP contribution in [-0.2, 0) is 18.3 Å². The number of aryl methyl sites for hydroxylation is 1. The maximum atomic E-state index is 12.9. The first-order valence-electron chi connectivity index (χ1n) is 8.84. The number of nitrogens with zero attached hydrogens (tertiary/aromatic N) is 2. The fourth-order valence-corrected chi connectivity index (χ4v) is 3.31. The number of aromatic nitrogens is 2. The van der Waals surface area contributed by atoms with Crippen LogP contribution in [0, 0.1) is 12.3 Å². The summed E-state index contributed by atoms with van der Waals surface area (Å²) >= 11 is 0. The van der Waals surface area contributed by atoms with Gasteiger partial charge in [-0.25, -0.2) is 4.79 Å². The molecule has 0 aliphatic carbocycles. The third kappa shape index (κ3) is 3.59. The SMILES string of the molecule is Cc1c(-c2ccc(C(=N)N)cc2)n(C)c(=O)n1-c1ccc(CCC(=O)O)cc1. The second-order valence-corrected chi connectivity index (χ2v) is 6.66. The second kappa shape index (κ2) is 7.56. The first-order chi connectivity index (χ1) is 13.3. The zero-order chi connectivity index (χ0) is 20.4. The number of hydrogen-bond acceptors (Lipinski definition) is 3. The molecule has 7 heteroatoms. The van der Waals surface area contributed by atoms with Gasteiger partial charge in [0.25, 0.3) is 0 Å². The van der Waals surface area contributed by atoms with Gasteiger partial charge in [0, 0.05) is 30.3 Å². The number of rotatable bonds is 6. The van der Waals surface area contributed by atoms with E-state index >= 15 is 0 Å². The third-order valence-corrected chi connectivity index (χ3v) is 4.78. The molecule has 0 radical (unpaired) electrons. The lowest BCUT2D eigenvalue weighted by Gasteiger charge is -2.08. The summed E-state index contributed by atoms with van der Waals surface area (Å²) in [6.45, 7) is 1.88. The molecule has 144 valence electrons. The van der Waals surface area contributed by atoms with E-state index in [0.717, 1.165) is 28.2 Å². The summed E-state index contributed by atoms with van der Waals surface area (Å²) in [6.07, 6.45) is 0.524. The van der Waals surface area contributed by atoms with E-state index < -0.39 is 5.97 Å². The highest BCUT2D eigenvalue weighted by molar-refractivity contribution is 5.95. The van der Waals surface area contributed by atoms with Crippen LogP contribution in [0.3, 0.4) is 0 Å². The minimum absolute atomic E-state index is 0.00211. The molecule has 28 heavy (non-hydrogen) atoms. The zero-order valence-corrected chi connectivity index (χ0v) is 15.8. The number of benzene rings is 2. The Bertz CT molecular complexity index is 1090. The lowest BCUT2D eigenvalue weighted by molar-refractivity contribution is -0.136. The highest BCUT2D eigenvalue weighted by Crippen LogP contribution is 2.24. The quantitative estimate of drug-likeness (QED) is 0.451. The number of hydrogen-bond donors (Lipinski definition) is 3. The topological polar surface area (TPSA) is 114 Å². The van der Waals surface area contributed by atoms with E-state index in [-0.39, 0.29) is 17.9 Å². The van der Waals surface area contributed by atoms with E-state index in [1.807, 2.05) is 43.3 Å². The van der Waals surface area contributed by atoms with Crippen molar-refractivity contribution in [3.05, 3.63) is 75.8 Å². The Hall–Kier alpha value is -3.61. The number of carboxylic acid groups (broad SMARTS) is 1. The molecule has 0 atom stereocenters. The van der Waals surface area contributed by atoms with Crippen LogP contribution < -0.4 is 11.4 Å². The Morgan fingerprint density at radius 1 is 1.11 bits per heavy atom. The number of imidazole rings is 1. The van der Waals surface area contributed by atoms with Gasteiger partial charge in [0.15, 0.2) is 0 Å². The van der Waals surface area contributed by atoms with Gasteiger partial charge in [0.2, 0.25) is 0 Å². The molecule has 0 saturated carbocycles.